The van der Waals surface area contributed by atoms with Crippen LogP contribution in [-0.4, -0.2) is 21.8 Å². The number of aromatic nitrogens is 1. The van der Waals surface area contributed by atoms with E-state index >= 15 is 0 Å². The van der Waals surface area contributed by atoms with Crippen molar-refractivity contribution in [1.29, 1.82) is 0 Å². The summed E-state index contributed by atoms with van der Waals surface area (Å²) in [5.41, 5.74) is 3.48. The van der Waals surface area contributed by atoms with Crippen molar-refractivity contribution in [2.75, 3.05) is 4.90 Å². The fraction of sp³-hybridized carbons (Fsp3) is 0.192. The second-order valence-electron chi connectivity index (χ2n) is 8.04. The van der Waals surface area contributed by atoms with Crippen LogP contribution in [-0.2, 0) is 9.59 Å². The van der Waals surface area contributed by atoms with Gasteiger partial charge in [-0.05, 0) is 36.1 Å². The molecule has 2 aromatic carbocycles. The Labute approximate surface area is 181 Å². The van der Waals surface area contributed by atoms with Crippen molar-refractivity contribution in [1.82, 2.24) is 4.98 Å². The van der Waals surface area contributed by atoms with Gasteiger partial charge in [-0.2, -0.15) is 0 Å². The van der Waals surface area contributed by atoms with Gasteiger partial charge in [0.2, 0.25) is 0 Å². The second-order valence-corrected chi connectivity index (χ2v) is 8.04. The number of pyridine rings is 1. The highest BCUT2D eigenvalue weighted by Gasteiger charge is 2.47. The second kappa shape index (κ2) is 8.19. The summed E-state index contributed by atoms with van der Waals surface area (Å²) in [7, 11) is 0. The monoisotopic (exact) mass is 412 g/mol. The van der Waals surface area contributed by atoms with Gasteiger partial charge in [0.15, 0.2) is 0 Å². The van der Waals surface area contributed by atoms with Crippen molar-refractivity contribution in [2.45, 2.75) is 32.7 Å². The molecule has 5 nitrogen and oxygen atoms in total. The van der Waals surface area contributed by atoms with E-state index in [0.29, 0.717) is 17.3 Å². The van der Waals surface area contributed by atoms with Crippen LogP contribution in [0.2, 0.25) is 0 Å². The lowest BCUT2D eigenvalue weighted by atomic mass is 9.93. The lowest BCUT2D eigenvalue weighted by Crippen LogP contribution is -2.30. The van der Waals surface area contributed by atoms with E-state index in [0.717, 1.165) is 16.7 Å². The van der Waals surface area contributed by atoms with Crippen molar-refractivity contribution in [3.8, 4) is 0 Å². The number of rotatable bonds is 4. The van der Waals surface area contributed by atoms with Crippen LogP contribution in [0.1, 0.15) is 48.1 Å². The third kappa shape index (κ3) is 3.75. The molecule has 1 saturated heterocycles. The molecule has 1 N–H and O–H groups in total. The van der Waals surface area contributed by atoms with Gasteiger partial charge in [0, 0.05) is 11.8 Å². The summed E-state index contributed by atoms with van der Waals surface area (Å²) < 4.78 is 0. The first kappa shape index (κ1) is 20.5. The quantitative estimate of drug-likeness (QED) is 0.366. The molecule has 1 fully saturated rings. The maximum Gasteiger partial charge on any atom is 0.301 e. The number of aliphatic hydroxyl groups is 1. The van der Waals surface area contributed by atoms with E-state index in [4.69, 9.17) is 0 Å². The van der Waals surface area contributed by atoms with Gasteiger partial charge in [-0.25, -0.2) is 4.98 Å². The average Bonchev–Trinajstić information content (AvgIpc) is 3.05. The zero-order valence-corrected chi connectivity index (χ0v) is 17.7. The predicted molar refractivity (Wildman–Crippen MR) is 121 cm³/mol. The number of carbonyl (C=O) groups is 2. The molecule has 1 atom stereocenters. The fourth-order valence-corrected chi connectivity index (χ4v) is 3.81. The number of aryl methyl sites for hydroxylation is 1. The largest absolute Gasteiger partial charge is 0.507 e. The molecule has 0 aliphatic carbocycles. The molecule has 0 radical (unpaired) electrons. The molecule has 1 aromatic heterocycles. The molecular formula is C26H24N2O3. The molecule has 1 amide bonds. The number of hydrogen-bond acceptors (Lipinski definition) is 4. The smallest absolute Gasteiger partial charge is 0.301 e. The molecule has 0 spiro atoms. The Morgan fingerprint density at radius 2 is 1.65 bits per heavy atom. The molecule has 2 heterocycles. The summed E-state index contributed by atoms with van der Waals surface area (Å²) >= 11 is 0. The van der Waals surface area contributed by atoms with Gasteiger partial charge < -0.3 is 5.11 Å². The first-order valence-electron chi connectivity index (χ1n) is 10.3. The molecule has 4 rings (SSSR count). The summed E-state index contributed by atoms with van der Waals surface area (Å²) in [6, 6.07) is 19.4. The number of amides is 1. The first-order chi connectivity index (χ1) is 14.9. The number of nitrogens with zero attached hydrogens (tertiary/aromatic N) is 2. The molecule has 31 heavy (non-hydrogen) atoms. The van der Waals surface area contributed by atoms with Crippen molar-refractivity contribution in [3.05, 3.63) is 101 Å². The van der Waals surface area contributed by atoms with Crippen LogP contribution in [0.15, 0.2) is 78.5 Å². The molecule has 1 aliphatic rings. The number of aliphatic hydroxyl groups excluding tert-OH is 1. The van der Waals surface area contributed by atoms with Crippen molar-refractivity contribution in [3.63, 3.8) is 0 Å². The minimum Gasteiger partial charge on any atom is -0.507 e. The summed E-state index contributed by atoms with van der Waals surface area (Å²) in [5, 5.41) is 11.1. The standard InChI is InChI=1S/C26H24N2O3/c1-16(2)18-11-13-19(14-12-18)23-22(24(29)20-9-7-17(3)8-10-20)25(30)26(31)28(23)21-6-4-5-15-27-21/h4-16,23,29H,1-3H3/b24-22-. The molecule has 0 bridgehead atoms. The number of anilines is 1. The number of Topliss-reactive ketones (excluding diaryl/α,β-unsaturated/α-hetero) is 1. The van der Waals surface area contributed by atoms with Crippen LogP contribution in [0.25, 0.3) is 5.76 Å². The Morgan fingerprint density at radius 3 is 2.23 bits per heavy atom. The van der Waals surface area contributed by atoms with Crippen LogP contribution in [0, 0.1) is 6.92 Å². The Balaban J connectivity index is 1.91. The average molecular weight is 412 g/mol. The van der Waals surface area contributed by atoms with E-state index in [1.165, 1.54) is 4.90 Å². The molecule has 156 valence electrons. The minimum atomic E-state index is -0.766. The van der Waals surface area contributed by atoms with E-state index in [1.807, 2.05) is 43.3 Å². The van der Waals surface area contributed by atoms with Crippen LogP contribution in [0.3, 0.4) is 0 Å². The summed E-state index contributed by atoms with van der Waals surface area (Å²) in [6.07, 6.45) is 1.58. The van der Waals surface area contributed by atoms with Gasteiger partial charge in [-0.3, -0.25) is 14.5 Å². The van der Waals surface area contributed by atoms with Gasteiger partial charge in [0.1, 0.15) is 11.6 Å². The maximum atomic E-state index is 13.1. The van der Waals surface area contributed by atoms with Gasteiger partial charge in [0.05, 0.1) is 11.6 Å². The van der Waals surface area contributed by atoms with Gasteiger partial charge >= 0.3 is 5.91 Å². The van der Waals surface area contributed by atoms with Gasteiger partial charge in [-0.1, -0.05) is 74.0 Å². The maximum absolute atomic E-state index is 13.1. The highest BCUT2D eigenvalue weighted by atomic mass is 16.3. The highest BCUT2D eigenvalue weighted by molar-refractivity contribution is 6.51. The molecule has 1 aliphatic heterocycles. The normalized spacial score (nSPS) is 18.1. The zero-order chi connectivity index (χ0) is 22.1. The van der Waals surface area contributed by atoms with Crippen molar-refractivity contribution >= 4 is 23.3 Å². The summed E-state index contributed by atoms with van der Waals surface area (Å²) in [4.78, 5) is 31.8. The topological polar surface area (TPSA) is 70.5 Å². The Morgan fingerprint density at radius 1 is 0.968 bits per heavy atom. The van der Waals surface area contributed by atoms with Crippen molar-refractivity contribution in [2.24, 2.45) is 0 Å². The number of hydrogen-bond donors (Lipinski definition) is 1. The lowest BCUT2D eigenvalue weighted by molar-refractivity contribution is -0.132. The third-order valence-electron chi connectivity index (χ3n) is 5.58. The Bertz CT molecular complexity index is 1150. The Hall–Kier alpha value is -3.73. The number of benzene rings is 2. The van der Waals surface area contributed by atoms with Gasteiger partial charge in [0.25, 0.3) is 5.78 Å². The van der Waals surface area contributed by atoms with E-state index < -0.39 is 17.7 Å². The number of carbonyl (C=O) groups excluding carboxylic acids is 2. The van der Waals surface area contributed by atoms with Crippen LogP contribution in [0.5, 0.6) is 0 Å². The molecule has 1 unspecified atom stereocenters. The zero-order valence-electron chi connectivity index (χ0n) is 17.7. The van der Waals surface area contributed by atoms with Crippen LogP contribution in [0.4, 0.5) is 5.82 Å². The molecule has 5 heteroatoms. The first-order valence-corrected chi connectivity index (χ1v) is 10.3. The lowest BCUT2D eigenvalue weighted by Gasteiger charge is -2.24. The molecular weight excluding hydrogens is 388 g/mol. The van der Waals surface area contributed by atoms with E-state index in [1.54, 1.807) is 36.5 Å². The van der Waals surface area contributed by atoms with E-state index in [2.05, 4.69) is 18.8 Å². The third-order valence-corrected chi connectivity index (χ3v) is 5.58. The molecule has 0 saturated carbocycles. The van der Waals surface area contributed by atoms with E-state index in [9.17, 15) is 14.7 Å². The Kier molecular flexibility index (Phi) is 5.42. The number of ketones is 1. The predicted octanol–water partition coefficient (Wildman–Crippen LogP) is 5.14. The summed E-state index contributed by atoms with van der Waals surface area (Å²) in [5.74, 6) is -0.893. The molecule has 3 aromatic rings. The SMILES string of the molecule is Cc1ccc(/C(O)=C2/C(=O)C(=O)N(c3ccccn3)C2c2ccc(C(C)C)cc2)cc1. The fourth-order valence-electron chi connectivity index (χ4n) is 3.81. The van der Waals surface area contributed by atoms with Gasteiger partial charge in [-0.15, -0.1) is 0 Å². The minimum absolute atomic E-state index is 0.0665. The van der Waals surface area contributed by atoms with Crippen LogP contribution >= 0.6 is 0 Å². The summed E-state index contributed by atoms with van der Waals surface area (Å²) in [6.45, 7) is 6.15. The highest BCUT2D eigenvalue weighted by Crippen LogP contribution is 2.41. The van der Waals surface area contributed by atoms with Crippen LogP contribution < -0.4 is 4.90 Å². The van der Waals surface area contributed by atoms with E-state index in [-0.39, 0.29) is 11.3 Å². The van der Waals surface area contributed by atoms with Crippen molar-refractivity contribution < 1.29 is 14.7 Å².